The molecule has 0 saturated heterocycles. The maximum atomic E-state index is 8.77. The zero-order valence-electron chi connectivity index (χ0n) is 20.7. The summed E-state index contributed by atoms with van der Waals surface area (Å²) >= 11 is 1.26. The number of thioether (sulfide) groups is 1. The van der Waals surface area contributed by atoms with Crippen LogP contribution < -0.4 is 10.2 Å². The minimum atomic E-state index is -0.331. The summed E-state index contributed by atoms with van der Waals surface area (Å²) in [5.74, 6) is 0.952. The number of nitrogens with one attached hydrogen (secondary N) is 3. The number of aliphatic imine (C=N–C) groups is 1. The Hall–Kier alpha value is -4.05. The van der Waals surface area contributed by atoms with E-state index in [1.165, 1.54) is 30.8 Å². The first-order valence-electron chi connectivity index (χ1n) is 12.0. The van der Waals surface area contributed by atoms with Gasteiger partial charge in [-0.3, -0.25) is 30.0 Å². The van der Waals surface area contributed by atoms with Crippen molar-refractivity contribution >= 4 is 40.3 Å². The van der Waals surface area contributed by atoms with Gasteiger partial charge in [0.05, 0.1) is 24.2 Å². The maximum Gasteiger partial charge on any atom is 0.171 e. The minimum absolute atomic E-state index is 0.204. The van der Waals surface area contributed by atoms with Gasteiger partial charge in [0.15, 0.2) is 5.17 Å². The second-order valence-corrected chi connectivity index (χ2v) is 10.1. The van der Waals surface area contributed by atoms with Crippen LogP contribution in [0.1, 0.15) is 24.3 Å². The zero-order chi connectivity index (χ0) is 25.9. The average molecular weight is 513 g/mol. The number of nitrogens with zero attached hydrogens (tertiary/aromatic N) is 5. The Morgan fingerprint density at radius 3 is 2.76 bits per heavy atom. The van der Waals surface area contributed by atoms with Crippen LogP contribution in [0.5, 0.6) is 5.75 Å². The van der Waals surface area contributed by atoms with Gasteiger partial charge in [0.25, 0.3) is 0 Å². The molecule has 0 spiro atoms. The van der Waals surface area contributed by atoms with Crippen LogP contribution >= 0.6 is 11.8 Å². The number of hydrogen-bond acceptors (Lipinski definition) is 8. The van der Waals surface area contributed by atoms with Gasteiger partial charge in [0.2, 0.25) is 0 Å². The number of aryl methyl sites for hydroxylation is 1. The zero-order valence-corrected chi connectivity index (χ0v) is 21.5. The molecule has 1 unspecified atom stereocenters. The van der Waals surface area contributed by atoms with Gasteiger partial charge < -0.3 is 10.1 Å². The van der Waals surface area contributed by atoms with E-state index in [4.69, 9.17) is 21.0 Å². The van der Waals surface area contributed by atoms with Gasteiger partial charge in [-0.05, 0) is 49.1 Å². The van der Waals surface area contributed by atoms with Crippen LogP contribution in [0.25, 0.3) is 22.0 Å². The first kappa shape index (κ1) is 24.6. The van der Waals surface area contributed by atoms with Crippen molar-refractivity contribution in [1.29, 1.82) is 16.2 Å². The summed E-state index contributed by atoms with van der Waals surface area (Å²) in [5, 5.41) is 30.3. The van der Waals surface area contributed by atoms with Crippen LogP contribution in [0.3, 0.4) is 0 Å². The number of benzene rings is 1. The lowest BCUT2D eigenvalue weighted by atomic mass is 10.00. The number of hydrogen-bond donors (Lipinski definition) is 3. The van der Waals surface area contributed by atoms with Crippen molar-refractivity contribution in [2.45, 2.75) is 23.7 Å². The molecule has 3 aromatic heterocycles. The fourth-order valence-corrected chi connectivity index (χ4v) is 4.84. The SMILES string of the molecule is CN=CC(C=N)c1cnc2ccc(SC(=N)n3cc(-c4cnn(C)c4)ccc3=N)cc2c1OCC1CC1. The van der Waals surface area contributed by atoms with E-state index in [1.54, 1.807) is 47.2 Å². The molecule has 5 rings (SSSR count). The molecule has 188 valence electrons. The summed E-state index contributed by atoms with van der Waals surface area (Å²) in [6.07, 6.45) is 12.6. The van der Waals surface area contributed by atoms with Crippen LogP contribution in [0.4, 0.5) is 0 Å². The molecule has 0 radical (unpaired) electrons. The maximum absolute atomic E-state index is 8.77. The van der Waals surface area contributed by atoms with Crippen molar-refractivity contribution in [3.8, 4) is 16.9 Å². The van der Waals surface area contributed by atoms with E-state index in [1.807, 2.05) is 37.5 Å². The Kier molecular flexibility index (Phi) is 7.00. The molecule has 0 bridgehead atoms. The molecule has 1 aliphatic rings. The summed E-state index contributed by atoms with van der Waals surface area (Å²) in [5.41, 5.74) is 3.61. The number of rotatable bonds is 8. The number of aromatic nitrogens is 4. The average Bonchev–Trinajstić information content (AvgIpc) is 3.63. The molecule has 3 N–H and O–H groups in total. The predicted octanol–water partition coefficient (Wildman–Crippen LogP) is 4.71. The summed E-state index contributed by atoms with van der Waals surface area (Å²) in [6.45, 7) is 0.631. The lowest BCUT2D eigenvalue weighted by Crippen LogP contribution is -2.23. The van der Waals surface area contributed by atoms with Crippen molar-refractivity contribution in [1.82, 2.24) is 19.3 Å². The molecular weight excluding hydrogens is 484 g/mol. The van der Waals surface area contributed by atoms with E-state index in [9.17, 15) is 0 Å². The molecular formula is C27H28N8OS. The largest absolute Gasteiger partial charge is 0.492 e. The van der Waals surface area contributed by atoms with Crippen molar-refractivity contribution < 1.29 is 4.74 Å². The molecule has 1 atom stereocenters. The number of pyridine rings is 2. The van der Waals surface area contributed by atoms with Gasteiger partial charge in [0, 0.05) is 72.1 Å². The lowest BCUT2D eigenvalue weighted by Gasteiger charge is -2.17. The van der Waals surface area contributed by atoms with Crippen LogP contribution in [0, 0.1) is 22.1 Å². The van der Waals surface area contributed by atoms with Crippen LogP contribution in [0.15, 0.2) is 65.0 Å². The molecule has 1 aromatic carbocycles. The molecule has 1 fully saturated rings. The van der Waals surface area contributed by atoms with Crippen molar-refractivity contribution in [2.75, 3.05) is 13.7 Å². The third-order valence-electron chi connectivity index (χ3n) is 6.25. The van der Waals surface area contributed by atoms with E-state index < -0.39 is 0 Å². The van der Waals surface area contributed by atoms with E-state index in [0.29, 0.717) is 18.3 Å². The summed E-state index contributed by atoms with van der Waals surface area (Å²) in [4.78, 5) is 9.58. The van der Waals surface area contributed by atoms with Gasteiger partial charge in [-0.1, -0.05) is 11.8 Å². The second-order valence-electron chi connectivity index (χ2n) is 9.06. The highest BCUT2D eigenvalue weighted by Crippen LogP contribution is 2.37. The standard InChI is InChI=1S/C27H28N8OS/c1-31-11-19(10-28)23-13-32-24-7-6-21(9-22(24)26(23)36-16-17-3-4-17)37-27(30)35-15-18(5-8-25(35)29)20-12-33-34(2)14-20/h5-15,17,19,28-30H,3-4,16H2,1-2H3. The van der Waals surface area contributed by atoms with Gasteiger partial charge in [-0.2, -0.15) is 5.10 Å². The number of fused-ring (bicyclic) bond motifs is 1. The Labute approximate surface area is 218 Å². The van der Waals surface area contributed by atoms with Gasteiger partial charge >= 0.3 is 0 Å². The van der Waals surface area contributed by atoms with Crippen LogP contribution in [0.2, 0.25) is 0 Å². The molecule has 9 nitrogen and oxygen atoms in total. The molecule has 3 heterocycles. The molecule has 1 saturated carbocycles. The first-order chi connectivity index (χ1) is 18.0. The predicted molar refractivity (Wildman–Crippen MR) is 147 cm³/mol. The summed E-state index contributed by atoms with van der Waals surface area (Å²) < 4.78 is 9.60. The first-order valence-corrected chi connectivity index (χ1v) is 12.8. The highest BCUT2D eigenvalue weighted by Gasteiger charge is 2.24. The van der Waals surface area contributed by atoms with Gasteiger partial charge in [0.1, 0.15) is 11.2 Å². The highest BCUT2D eigenvalue weighted by molar-refractivity contribution is 8.13. The third-order valence-corrected chi connectivity index (χ3v) is 7.13. The fourth-order valence-electron chi connectivity index (χ4n) is 4.05. The van der Waals surface area contributed by atoms with Crippen LogP contribution in [-0.2, 0) is 7.05 Å². The van der Waals surface area contributed by atoms with E-state index in [2.05, 4.69) is 15.1 Å². The van der Waals surface area contributed by atoms with Crippen molar-refractivity contribution in [2.24, 2.45) is 18.0 Å². The Morgan fingerprint density at radius 2 is 2.05 bits per heavy atom. The fraction of sp³-hybridized carbons (Fsp3) is 0.259. The third kappa shape index (κ3) is 5.39. The Balaban J connectivity index is 1.50. The molecule has 4 aromatic rings. The molecule has 10 heteroatoms. The monoisotopic (exact) mass is 512 g/mol. The molecule has 0 amide bonds. The van der Waals surface area contributed by atoms with E-state index >= 15 is 0 Å². The van der Waals surface area contributed by atoms with Crippen molar-refractivity contribution in [3.63, 3.8) is 0 Å². The molecule has 0 aliphatic heterocycles. The minimum Gasteiger partial charge on any atom is -0.492 e. The molecule has 37 heavy (non-hydrogen) atoms. The van der Waals surface area contributed by atoms with Gasteiger partial charge in [-0.25, -0.2) is 0 Å². The topological polar surface area (TPSA) is 129 Å². The van der Waals surface area contributed by atoms with E-state index in [-0.39, 0.29) is 16.6 Å². The quantitative estimate of drug-likeness (QED) is 0.179. The van der Waals surface area contributed by atoms with Crippen LogP contribution in [-0.4, -0.2) is 50.6 Å². The number of ether oxygens (including phenoxy) is 1. The van der Waals surface area contributed by atoms with Gasteiger partial charge in [-0.15, -0.1) is 0 Å². The normalized spacial score (nSPS) is 14.2. The Morgan fingerprint density at radius 1 is 1.22 bits per heavy atom. The smallest absolute Gasteiger partial charge is 0.171 e. The highest BCUT2D eigenvalue weighted by atomic mass is 32.2. The van der Waals surface area contributed by atoms with E-state index in [0.717, 1.165) is 32.5 Å². The lowest BCUT2D eigenvalue weighted by molar-refractivity contribution is 0.300. The van der Waals surface area contributed by atoms with Crippen molar-refractivity contribution in [3.05, 3.63) is 66.2 Å². The summed E-state index contributed by atoms with van der Waals surface area (Å²) in [7, 11) is 3.55. The molecule has 1 aliphatic carbocycles. The Bertz CT molecular complexity index is 1570. The summed E-state index contributed by atoms with van der Waals surface area (Å²) in [6, 6.07) is 9.37. The second kappa shape index (κ2) is 10.5.